The number of fused-ring (bicyclic) bond motifs is 1. The first-order chi connectivity index (χ1) is 11.8. The summed E-state index contributed by atoms with van der Waals surface area (Å²) in [5, 5.41) is 0.271. The van der Waals surface area contributed by atoms with E-state index in [1.54, 1.807) is 29.2 Å². The predicted octanol–water partition coefficient (Wildman–Crippen LogP) is 1.14. The van der Waals surface area contributed by atoms with Crippen LogP contribution in [0.4, 0.5) is 5.69 Å². The minimum absolute atomic E-state index is 0.00640. The fourth-order valence-corrected chi connectivity index (χ4v) is 6.93. The summed E-state index contributed by atoms with van der Waals surface area (Å²) in [6.45, 7) is 1.33. The molecule has 0 aromatic heterocycles. The van der Waals surface area contributed by atoms with Crippen LogP contribution < -0.4 is 4.90 Å². The van der Waals surface area contributed by atoms with Gasteiger partial charge in [0.2, 0.25) is 0 Å². The number of anilines is 1. The lowest BCUT2D eigenvalue weighted by atomic mass is 10.1. The lowest BCUT2D eigenvalue weighted by molar-refractivity contribution is -0.121. The zero-order chi connectivity index (χ0) is 18.2. The van der Waals surface area contributed by atoms with Gasteiger partial charge < -0.3 is 9.64 Å². The molecule has 2 fully saturated rings. The topological polar surface area (TPSA) is 93.1 Å². The number of carbonyl (C=O) groups is 2. The predicted molar refractivity (Wildman–Crippen MR) is 97.1 cm³/mol. The number of amides is 1. The highest BCUT2D eigenvalue weighted by molar-refractivity contribution is 8.16. The first-order valence-electron chi connectivity index (χ1n) is 7.68. The zero-order valence-corrected chi connectivity index (χ0v) is 15.5. The Morgan fingerprint density at radius 3 is 2.80 bits per heavy atom. The van der Waals surface area contributed by atoms with E-state index in [0.717, 1.165) is 0 Å². The van der Waals surface area contributed by atoms with Crippen LogP contribution in [0.15, 0.2) is 29.3 Å². The van der Waals surface area contributed by atoms with E-state index < -0.39 is 15.7 Å². The standard InChI is InChI=1S/C16H18N2O5S2/c1-10(19)11-4-3-5-12(6-11)18-13-8-25(21,22)9-14(13)24-16(18)17-15(20)7-23-2/h3-6,13-14H,7-9H2,1-2H3/t13-,14-/m1/s1. The van der Waals surface area contributed by atoms with Crippen LogP contribution in [-0.4, -0.2) is 61.8 Å². The number of amidine groups is 1. The third-order valence-electron chi connectivity index (χ3n) is 4.09. The van der Waals surface area contributed by atoms with Gasteiger partial charge in [-0.25, -0.2) is 8.42 Å². The molecule has 3 rings (SSSR count). The molecule has 1 amide bonds. The lowest BCUT2D eigenvalue weighted by Gasteiger charge is -2.24. The quantitative estimate of drug-likeness (QED) is 0.721. The number of sulfone groups is 1. The van der Waals surface area contributed by atoms with Crippen molar-refractivity contribution in [1.82, 2.24) is 0 Å². The first-order valence-corrected chi connectivity index (χ1v) is 10.4. The lowest BCUT2D eigenvalue weighted by Crippen LogP contribution is -2.37. The fourth-order valence-electron chi connectivity index (χ4n) is 3.00. The van der Waals surface area contributed by atoms with Crippen LogP contribution in [0.25, 0.3) is 0 Å². The Morgan fingerprint density at radius 1 is 1.36 bits per heavy atom. The SMILES string of the molecule is COCC(=O)N=C1S[C@@H]2CS(=O)(=O)C[C@H]2N1c1cccc(C(C)=O)c1. The molecule has 2 heterocycles. The fraction of sp³-hybridized carbons (Fsp3) is 0.438. The molecule has 2 aliphatic rings. The Hall–Kier alpha value is -1.71. The summed E-state index contributed by atoms with van der Waals surface area (Å²) < 4.78 is 28.8. The molecular formula is C16H18N2O5S2. The molecule has 0 saturated carbocycles. The number of rotatable bonds is 4. The number of aliphatic imine (C=N–C) groups is 1. The molecule has 2 aliphatic heterocycles. The molecule has 0 radical (unpaired) electrons. The van der Waals surface area contributed by atoms with Crippen LogP contribution in [-0.2, 0) is 19.4 Å². The van der Waals surface area contributed by atoms with Crippen LogP contribution in [0.1, 0.15) is 17.3 Å². The molecule has 2 saturated heterocycles. The second-order valence-corrected chi connectivity index (χ2v) is 9.36. The van der Waals surface area contributed by atoms with Crippen molar-refractivity contribution in [3.63, 3.8) is 0 Å². The average molecular weight is 382 g/mol. The minimum atomic E-state index is -3.13. The van der Waals surface area contributed by atoms with E-state index in [4.69, 9.17) is 4.74 Å². The van der Waals surface area contributed by atoms with Gasteiger partial charge in [0.1, 0.15) is 6.61 Å². The largest absolute Gasteiger partial charge is 0.375 e. The van der Waals surface area contributed by atoms with Crippen molar-refractivity contribution in [1.29, 1.82) is 0 Å². The minimum Gasteiger partial charge on any atom is -0.375 e. The number of carbonyl (C=O) groups excluding carboxylic acids is 2. The Labute approximate surface area is 150 Å². The Bertz CT molecular complexity index is 850. The average Bonchev–Trinajstić information content (AvgIpc) is 2.98. The van der Waals surface area contributed by atoms with Crippen LogP contribution >= 0.6 is 11.8 Å². The number of hydrogen-bond acceptors (Lipinski definition) is 6. The number of Topliss-reactive ketones (excluding diaryl/α,β-unsaturated/α-hetero) is 1. The van der Waals surface area contributed by atoms with Crippen LogP contribution in [0.2, 0.25) is 0 Å². The molecule has 2 atom stereocenters. The maximum atomic E-state index is 12.0. The van der Waals surface area contributed by atoms with E-state index in [0.29, 0.717) is 16.4 Å². The summed E-state index contributed by atoms with van der Waals surface area (Å²) in [5.74, 6) is -0.450. The van der Waals surface area contributed by atoms with E-state index in [2.05, 4.69) is 4.99 Å². The molecule has 25 heavy (non-hydrogen) atoms. The maximum absolute atomic E-state index is 12.0. The maximum Gasteiger partial charge on any atom is 0.274 e. The van der Waals surface area contributed by atoms with Gasteiger partial charge in [-0.15, -0.1) is 0 Å². The van der Waals surface area contributed by atoms with Gasteiger partial charge in [0, 0.05) is 23.6 Å². The third-order valence-corrected chi connectivity index (χ3v) is 7.30. The second-order valence-electron chi connectivity index (χ2n) is 6.00. The van der Waals surface area contributed by atoms with Gasteiger partial charge in [-0.2, -0.15) is 4.99 Å². The zero-order valence-electron chi connectivity index (χ0n) is 13.8. The molecule has 1 aromatic carbocycles. The number of nitrogens with zero attached hydrogens (tertiary/aromatic N) is 2. The molecule has 0 unspecified atom stereocenters. The van der Waals surface area contributed by atoms with Gasteiger partial charge in [0.15, 0.2) is 20.8 Å². The number of hydrogen-bond donors (Lipinski definition) is 0. The van der Waals surface area contributed by atoms with Crippen LogP contribution in [0, 0.1) is 0 Å². The molecule has 7 nitrogen and oxygen atoms in total. The summed E-state index contributed by atoms with van der Waals surface area (Å²) in [4.78, 5) is 29.4. The van der Waals surface area contributed by atoms with Crippen LogP contribution in [0.3, 0.4) is 0 Å². The molecule has 134 valence electrons. The number of methoxy groups -OCH3 is 1. The van der Waals surface area contributed by atoms with Gasteiger partial charge >= 0.3 is 0 Å². The van der Waals surface area contributed by atoms with E-state index in [-0.39, 0.29) is 35.2 Å². The molecule has 1 aromatic rings. The Balaban J connectivity index is 2.02. The smallest absolute Gasteiger partial charge is 0.274 e. The van der Waals surface area contributed by atoms with Gasteiger partial charge in [-0.1, -0.05) is 23.9 Å². The third kappa shape index (κ3) is 3.78. The molecular weight excluding hydrogens is 364 g/mol. The van der Waals surface area contributed by atoms with Crippen molar-refractivity contribution >= 4 is 44.1 Å². The monoisotopic (exact) mass is 382 g/mol. The number of thioether (sulfide) groups is 1. The molecule has 0 spiro atoms. The van der Waals surface area contributed by atoms with Crippen molar-refractivity contribution in [2.75, 3.05) is 30.1 Å². The summed E-state index contributed by atoms with van der Waals surface area (Å²) in [6, 6.07) is 6.63. The van der Waals surface area contributed by atoms with E-state index in [1.165, 1.54) is 25.8 Å². The van der Waals surface area contributed by atoms with Gasteiger partial charge in [0.25, 0.3) is 5.91 Å². The van der Waals surface area contributed by atoms with Crippen molar-refractivity contribution < 1.29 is 22.7 Å². The Kier molecular flexibility index (Phi) is 4.99. The van der Waals surface area contributed by atoms with E-state index in [1.807, 2.05) is 0 Å². The van der Waals surface area contributed by atoms with Crippen molar-refractivity contribution in [2.45, 2.75) is 18.2 Å². The Morgan fingerprint density at radius 2 is 2.12 bits per heavy atom. The summed E-state index contributed by atoms with van der Waals surface area (Å²) >= 11 is 1.29. The number of ether oxygens (including phenoxy) is 1. The van der Waals surface area contributed by atoms with Gasteiger partial charge in [-0.05, 0) is 19.1 Å². The summed E-state index contributed by atoms with van der Waals surface area (Å²) in [7, 11) is -1.72. The van der Waals surface area contributed by atoms with Gasteiger partial charge in [-0.3, -0.25) is 9.59 Å². The van der Waals surface area contributed by atoms with E-state index >= 15 is 0 Å². The highest BCUT2D eigenvalue weighted by Gasteiger charge is 2.49. The van der Waals surface area contributed by atoms with Crippen LogP contribution in [0.5, 0.6) is 0 Å². The first kappa shape index (κ1) is 18.1. The number of ketones is 1. The molecule has 0 bridgehead atoms. The molecule has 0 aliphatic carbocycles. The summed E-state index contributed by atoms with van der Waals surface area (Å²) in [6.07, 6.45) is 0. The summed E-state index contributed by atoms with van der Waals surface area (Å²) in [5.41, 5.74) is 1.18. The molecule has 0 N–H and O–H groups in total. The normalized spacial score (nSPS) is 26.0. The highest BCUT2D eigenvalue weighted by Crippen LogP contribution is 2.41. The number of benzene rings is 1. The van der Waals surface area contributed by atoms with Gasteiger partial charge in [0.05, 0.1) is 17.5 Å². The van der Waals surface area contributed by atoms with Crippen molar-refractivity contribution in [3.8, 4) is 0 Å². The van der Waals surface area contributed by atoms with Crippen molar-refractivity contribution in [3.05, 3.63) is 29.8 Å². The highest BCUT2D eigenvalue weighted by atomic mass is 32.2. The van der Waals surface area contributed by atoms with E-state index in [9.17, 15) is 18.0 Å². The van der Waals surface area contributed by atoms with Crippen molar-refractivity contribution in [2.24, 2.45) is 4.99 Å². The second kappa shape index (κ2) is 6.89. The molecule has 9 heteroatoms.